The summed E-state index contributed by atoms with van der Waals surface area (Å²) in [5.41, 5.74) is -1.68. The highest BCUT2D eigenvalue weighted by Gasteiger charge is 2.34. The molecular formula is C24H34F3N3O4. The van der Waals surface area contributed by atoms with Crippen LogP contribution in [0.3, 0.4) is 0 Å². The molecular weight excluding hydrogens is 451 g/mol. The second-order valence-electron chi connectivity index (χ2n) is 9.55. The number of halogens is 3. The van der Waals surface area contributed by atoms with Crippen molar-refractivity contribution in [2.45, 2.75) is 90.2 Å². The molecule has 0 aliphatic heterocycles. The monoisotopic (exact) mass is 485 g/mol. The van der Waals surface area contributed by atoms with Crippen LogP contribution < -0.4 is 5.32 Å². The van der Waals surface area contributed by atoms with Crippen LogP contribution in [0.4, 0.5) is 18.9 Å². The molecule has 1 aliphatic rings. The fraction of sp³-hybridized carbons (Fsp3) is 0.667. The minimum atomic E-state index is -4.60. The lowest BCUT2D eigenvalue weighted by molar-refractivity contribution is -0.160. The quantitative estimate of drug-likeness (QED) is 0.373. The molecule has 0 spiro atoms. The van der Waals surface area contributed by atoms with Crippen molar-refractivity contribution < 1.29 is 32.2 Å². The van der Waals surface area contributed by atoms with Crippen LogP contribution in [0, 0.1) is 5.92 Å². The number of esters is 2. The molecule has 7 nitrogen and oxygen atoms in total. The summed E-state index contributed by atoms with van der Waals surface area (Å²) in [4.78, 5) is 24.1. The zero-order valence-corrected chi connectivity index (χ0v) is 20.4. The molecule has 1 atom stereocenters. The number of methoxy groups -OCH3 is 1. The Balaban J connectivity index is 2.00. The second kappa shape index (κ2) is 11.7. The highest BCUT2D eigenvalue weighted by molar-refractivity contribution is 5.90. The topological polar surface area (TPSA) is 89.4 Å². The van der Waals surface area contributed by atoms with E-state index in [1.807, 2.05) is 20.8 Å². The smallest absolute Gasteiger partial charge is 0.418 e. The SMILES string of the molecule is COC(=O)c1ccc(C(F)(F)F)c(NC(C)N=NC2CCCC(C(=O)OC(C)(C)C)CCC2)c1. The minimum absolute atomic E-state index is 0.00157. The second-order valence-corrected chi connectivity index (χ2v) is 9.55. The van der Waals surface area contributed by atoms with Crippen molar-refractivity contribution in [1.82, 2.24) is 0 Å². The summed E-state index contributed by atoms with van der Waals surface area (Å²) < 4.78 is 50.3. The maximum atomic E-state index is 13.4. The maximum absolute atomic E-state index is 13.4. The Kier molecular flexibility index (Phi) is 9.46. The first kappa shape index (κ1) is 27.6. The van der Waals surface area contributed by atoms with Gasteiger partial charge in [-0.3, -0.25) is 4.79 Å². The molecule has 0 saturated heterocycles. The van der Waals surface area contributed by atoms with Gasteiger partial charge in [-0.05, 0) is 71.6 Å². The molecule has 0 amide bonds. The standard InChI is InChI=1S/C24H34F3N3O4/c1-15(28-20-14-17(21(31)33-5)12-13-19(20)24(25,26)27)29-30-18-10-6-8-16(9-7-11-18)22(32)34-23(2,3)4/h12-16,18,28H,6-11H2,1-5H3. The number of azo groups is 1. The Hall–Kier alpha value is -2.65. The number of nitrogens with one attached hydrogen (secondary N) is 1. The molecule has 1 aromatic carbocycles. The molecule has 10 heteroatoms. The zero-order chi connectivity index (χ0) is 25.5. The van der Waals surface area contributed by atoms with Crippen molar-refractivity contribution in [2.24, 2.45) is 16.1 Å². The van der Waals surface area contributed by atoms with E-state index in [0.717, 1.165) is 51.0 Å². The van der Waals surface area contributed by atoms with E-state index in [9.17, 15) is 22.8 Å². The molecule has 1 N–H and O–H groups in total. The van der Waals surface area contributed by atoms with Gasteiger partial charge in [0.15, 0.2) is 0 Å². The number of ether oxygens (including phenoxy) is 2. The van der Waals surface area contributed by atoms with Gasteiger partial charge in [0.25, 0.3) is 0 Å². The van der Waals surface area contributed by atoms with E-state index in [0.29, 0.717) is 12.8 Å². The summed E-state index contributed by atoms with van der Waals surface area (Å²) >= 11 is 0. The van der Waals surface area contributed by atoms with E-state index >= 15 is 0 Å². The highest BCUT2D eigenvalue weighted by atomic mass is 19.4. The number of hydrogen-bond donors (Lipinski definition) is 1. The van der Waals surface area contributed by atoms with E-state index in [-0.39, 0.29) is 29.2 Å². The van der Waals surface area contributed by atoms with Crippen LogP contribution in [0.15, 0.2) is 28.4 Å². The van der Waals surface area contributed by atoms with Crippen LogP contribution in [0.25, 0.3) is 0 Å². The lowest BCUT2D eigenvalue weighted by atomic mass is 9.89. The average molecular weight is 486 g/mol. The van der Waals surface area contributed by atoms with Crippen LogP contribution in [0.1, 0.15) is 82.1 Å². The molecule has 0 aromatic heterocycles. The number of hydrogen-bond acceptors (Lipinski definition) is 7. The Morgan fingerprint density at radius 2 is 1.71 bits per heavy atom. The van der Waals surface area contributed by atoms with Crippen LogP contribution >= 0.6 is 0 Å². The first-order valence-corrected chi connectivity index (χ1v) is 11.5. The summed E-state index contributed by atoms with van der Waals surface area (Å²) in [5, 5.41) is 11.2. The molecule has 34 heavy (non-hydrogen) atoms. The van der Waals surface area contributed by atoms with Crippen LogP contribution in [-0.2, 0) is 20.4 Å². The van der Waals surface area contributed by atoms with Crippen molar-refractivity contribution in [3.05, 3.63) is 29.3 Å². The number of nitrogens with zero attached hydrogens (tertiary/aromatic N) is 2. The molecule has 1 aromatic rings. The molecule has 1 fully saturated rings. The van der Waals surface area contributed by atoms with E-state index in [1.54, 1.807) is 6.92 Å². The summed E-state index contributed by atoms with van der Waals surface area (Å²) in [6.45, 7) is 7.14. The number of anilines is 1. The van der Waals surface area contributed by atoms with Crippen LogP contribution in [0.2, 0.25) is 0 Å². The van der Waals surface area contributed by atoms with E-state index in [4.69, 9.17) is 4.74 Å². The van der Waals surface area contributed by atoms with Crippen LogP contribution in [0.5, 0.6) is 0 Å². The number of alkyl halides is 3. The Morgan fingerprint density at radius 3 is 2.24 bits per heavy atom. The molecule has 0 heterocycles. The van der Waals surface area contributed by atoms with Gasteiger partial charge in [-0.1, -0.05) is 12.8 Å². The summed E-state index contributed by atoms with van der Waals surface area (Å²) in [5.74, 6) is -1.02. The average Bonchev–Trinajstić information content (AvgIpc) is 2.70. The fourth-order valence-corrected chi connectivity index (χ4v) is 3.83. The normalized spacial score (nSPS) is 20.8. The van der Waals surface area contributed by atoms with Crippen molar-refractivity contribution in [3.63, 3.8) is 0 Å². The zero-order valence-electron chi connectivity index (χ0n) is 20.4. The molecule has 2 rings (SSSR count). The van der Waals surface area contributed by atoms with Crippen molar-refractivity contribution in [1.29, 1.82) is 0 Å². The lowest BCUT2D eigenvalue weighted by Crippen LogP contribution is -2.29. The fourth-order valence-electron chi connectivity index (χ4n) is 3.83. The Bertz CT molecular complexity index is 871. The third-order valence-corrected chi connectivity index (χ3v) is 5.43. The van der Waals surface area contributed by atoms with E-state index in [1.165, 1.54) is 0 Å². The number of carbonyl (C=O) groups excluding carboxylic acids is 2. The van der Waals surface area contributed by atoms with Gasteiger partial charge in [-0.2, -0.15) is 23.4 Å². The Morgan fingerprint density at radius 1 is 1.09 bits per heavy atom. The minimum Gasteiger partial charge on any atom is -0.465 e. The largest absolute Gasteiger partial charge is 0.465 e. The number of rotatable bonds is 6. The highest BCUT2D eigenvalue weighted by Crippen LogP contribution is 2.36. The molecule has 1 aliphatic carbocycles. The molecule has 190 valence electrons. The van der Waals surface area contributed by atoms with E-state index < -0.39 is 29.5 Å². The maximum Gasteiger partial charge on any atom is 0.418 e. The summed E-state index contributed by atoms with van der Waals surface area (Å²) in [6, 6.07) is 2.96. The van der Waals surface area contributed by atoms with Gasteiger partial charge in [-0.25, -0.2) is 4.79 Å². The van der Waals surface area contributed by atoms with Gasteiger partial charge < -0.3 is 14.8 Å². The molecule has 0 bridgehead atoms. The summed E-state index contributed by atoms with van der Waals surface area (Å²) in [6.07, 6.45) is -0.869. The summed E-state index contributed by atoms with van der Waals surface area (Å²) in [7, 11) is 1.16. The van der Waals surface area contributed by atoms with Crippen LogP contribution in [-0.4, -0.2) is 36.9 Å². The predicted molar refractivity (Wildman–Crippen MR) is 122 cm³/mol. The third-order valence-electron chi connectivity index (χ3n) is 5.43. The van der Waals surface area contributed by atoms with Gasteiger partial charge in [0.1, 0.15) is 11.8 Å². The first-order valence-electron chi connectivity index (χ1n) is 11.5. The number of benzene rings is 1. The lowest BCUT2D eigenvalue weighted by Gasteiger charge is -2.26. The van der Waals surface area contributed by atoms with Gasteiger partial charge in [0.2, 0.25) is 0 Å². The van der Waals surface area contributed by atoms with Gasteiger partial charge in [0.05, 0.1) is 30.2 Å². The first-order chi connectivity index (χ1) is 15.8. The van der Waals surface area contributed by atoms with Crippen molar-refractivity contribution >= 4 is 17.6 Å². The molecule has 0 radical (unpaired) electrons. The van der Waals surface area contributed by atoms with Gasteiger partial charge >= 0.3 is 18.1 Å². The predicted octanol–water partition coefficient (Wildman–Crippen LogP) is 6.38. The molecule has 1 saturated carbocycles. The van der Waals surface area contributed by atoms with E-state index in [2.05, 4.69) is 20.3 Å². The van der Waals surface area contributed by atoms with Crippen molar-refractivity contribution in [2.75, 3.05) is 12.4 Å². The van der Waals surface area contributed by atoms with Crippen molar-refractivity contribution in [3.8, 4) is 0 Å². The number of carbonyl (C=O) groups is 2. The third kappa shape index (κ3) is 8.61. The van der Waals surface area contributed by atoms with Gasteiger partial charge in [-0.15, -0.1) is 0 Å². The van der Waals surface area contributed by atoms with Gasteiger partial charge in [0, 0.05) is 5.69 Å². The molecule has 1 unspecified atom stereocenters. The Labute approximate surface area is 198 Å².